The number of ketones is 1. The number of hydrogen-bond donors (Lipinski definition) is 0. The molecule has 1 aliphatic heterocycles. The Hall–Kier alpha value is -1.90. The lowest BCUT2D eigenvalue weighted by molar-refractivity contribution is -0.120. The molecule has 1 fully saturated rings. The number of fused-ring (bicyclic) bond motifs is 1. The highest BCUT2D eigenvalue weighted by Gasteiger charge is 2.23. The molecule has 19 heavy (non-hydrogen) atoms. The Morgan fingerprint density at radius 3 is 2.95 bits per heavy atom. The predicted octanol–water partition coefficient (Wildman–Crippen LogP) is 3.04. The van der Waals surface area contributed by atoms with Gasteiger partial charge >= 0.3 is 0 Å². The van der Waals surface area contributed by atoms with Gasteiger partial charge in [0.1, 0.15) is 11.6 Å². The van der Waals surface area contributed by atoms with Crippen molar-refractivity contribution in [1.29, 1.82) is 0 Å². The smallest absolute Gasteiger partial charge is 0.134 e. The van der Waals surface area contributed by atoms with E-state index in [1.165, 1.54) is 0 Å². The summed E-state index contributed by atoms with van der Waals surface area (Å²) in [5.41, 5.74) is 1.02. The van der Waals surface area contributed by atoms with Gasteiger partial charge in [-0.3, -0.25) is 4.79 Å². The van der Waals surface area contributed by atoms with Crippen molar-refractivity contribution in [3.05, 3.63) is 36.4 Å². The van der Waals surface area contributed by atoms with Crippen LogP contribution in [-0.4, -0.2) is 23.9 Å². The summed E-state index contributed by atoms with van der Waals surface area (Å²) in [6.45, 7) is 3.50. The average molecular weight is 254 g/mol. The minimum absolute atomic E-state index is 0.169. The van der Waals surface area contributed by atoms with Crippen LogP contribution in [-0.2, 0) is 4.79 Å². The first-order valence-electron chi connectivity index (χ1n) is 6.85. The van der Waals surface area contributed by atoms with E-state index < -0.39 is 0 Å². The van der Waals surface area contributed by atoms with Crippen molar-refractivity contribution in [2.24, 2.45) is 5.92 Å². The number of carbonyl (C=O) groups excluding carboxylic acids is 1. The normalized spacial score (nSPS) is 19.6. The van der Waals surface area contributed by atoms with E-state index >= 15 is 0 Å². The minimum Gasteiger partial charge on any atom is -0.356 e. The maximum atomic E-state index is 11.5. The quantitative estimate of drug-likeness (QED) is 0.826. The summed E-state index contributed by atoms with van der Waals surface area (Å²) in [7, 11) is 0. The van der Waals surface area contributed by atoms with Crippen LogP contribution in [0, 0.1) is 5.92 Å². The molecule has 0 aliphatic carbocycles. The topological polar surface area (TPSA) is 33.2 Å². The number of aromatic nitrogens is 1. The van der Waals surface area contributed by atoms with Crippen molar-refractivity contribution >= 4 is 22.5 Å². The highest BCUT2D eigenvalue weighted by molar-refractivity contribution is 5.81. The van der Waals surface area contributed by atoms with Gasteiger partial charge in [0.2, 0.25) is 0 Å². The molecule has 3 rings (SSSR count). The second kappa shape index (κ2) is 5.00. The molecule has 98 valence electrons. The fourth-order valence-electron chi connectivity index (χ4n) is 2.75. The number of nitrogens with zero attached hydrogens (tertiary/aromatic N) is 2. The summed E-state index contributed by atoms with van der Waals surface area (Å²) in [6.07, 6.45) is 2.08. The predicted molar refractivity (Wildman–Crippen MR) is 77.4 cm³/mol. The average Bonchev–Trinajstić information content (AvgIpc) is 2.47. The number of anilines is 1. The van der Waals surface area contributed by atoms with Crippen molar-refractivity contribution in [2.75, 3.05) is 18.0 Å². The molecule has 1 unspecified atom stereocenters. The van der Waals surface area contributed by atoms with Gasteiger partial charge in [-0.05, 0) is 38.0 Å². The fraction of sp³-hybridized carbons (Fsp3) is 0.375. The molecule has 1 aromatic carbocycles. The Balaban J connectivity index is 1.89. The zero-order chi connectivity index (χ0) is 13.2. The van der Waals surface area contributed by atoms with Crippen LogP contribution >= 0.6 is 0 Å². The molecular weight excluding hydrogens is 236 g/mol. The third-order valence-corrected chi connectivity index (χ3v) is 3.90. The molecule has 1 aromatic heterocycles. The van der Waals surface area contributed by atoms with Crippen molar-refractivity contribution in [1.82, 2.24) is 4.98 Å². The molecule has 0 saturated carbocycles. The summed E-state index contributed by atoms with van der Waals surface area (Å²) < 4.78 is 0. The van der Waals surface area contributed by atoms with Crippen LogP contribution in [0.4, 0.5) is 5.82 Å². The molecule has 3 heteroatoms. The largest absolute Gasteiger partial charge is 0.356 e. The van der Waals surface area contributed by atoms with Gasteiger partial charge in [0, 0.05) is 24.4 Å². The SMILES string of the molecule is CC(=O)C1CCCN(c2ccc3ccccc3n2)C1. The standard InChI is InChI=1S/C16H18N2O/c1-12(19)14-6-4-10-18(11-14)16-9-8-13-5-2-3-7-15(13)17-16/h2-3,5,7-9,14H,4,6,10-11H2,1H3. The van der Waals surface area contributed by atoms with Crippen LogP contribution in [0.3, 0.4) is 0 Å². The van der Waals surface area contributed by atoms with Crippen molar-refractivity contribution in [3.63, 3.8) is 0 Å². The third-order valence-electron chi connectivity index (χ3n) is 3.90. The molecule has 2 aromatic rings. The van der Waals surface area contributed by atoms with Crippen LogP contribution in [0.15, 0.2) is 36.4 Å². The number of rotatable bonds is 2. The van der Waals surface area contributed by atoms with Crippen molar-refractivity contribution in [2.45, 2.75) is 19.8 Å². The fourth-order valence-corrected chi connectivity index (χ4v) is 2.75. The molecule has 1 aliphatic rings. The van der Waals surface area contributed by atoms with E-state index in [2.05, 4.69) is 23.1 Å². The van der Waals surface area contributed by atoms with E-state index in [4.69, 9.17) is 4.98 Å². The van der Waals surface area contributed by atoms with Gasteiger partial charge in [0.15, 0.2) is 0 Å². The zero-order valence-corrected chi connectivity index (χ0v) is 11.2. The molecule has 1 saturated heterocycles. The monoisotopic (exact) mass is 254 g/mol. The first kappa shape index (κ1) is 12.2. The first-order valence-corrected chi connectivity index (χ1v) is 6.85. The Bertz CT molecular complexity index is 608. The van der Waals surface area contributed by atoms with E-state index in [9.17, 15) is 4.79 Å². The number of hydrogen-bond acceptors (Lipinski definition) is 3. The Morgan fingerprint density at radius 1 is 1.26 bits per heavy atom. The van der Waals surface area contributed by atoms with Gasteiger partial charge in [-0.1, -0.05) is 18.2 Å². The van der Waals surface area contributed by atoms with Gasteiger partial charge in [0.05, 0.1) is 5.52 Å². The maximum Gasteiger partial charge on any atom is 0.134 e. The molecular formula is C16H18N2O. The zero-order valence-electron chi connectivity index (χ0n) is 11.2. The van der Waals surface area contributed by atoms with E-state index in [1.54, 1.807) is 6.92 Å². The van der Waals surface area contributed by atoms with E-state index in [1.807, 2.05) is 18.2 Å². The molecule has 0 N–H and O–H groups in total. The summed E-state index contributed by atoms with van der Waals surface area (Å²) in [5, 5.41) is 1.16. The van der Waals surface area contributed by atoms with Gasteiger partial charge in [-0.25, -0.2) is 4.98 Å². The Kier molecular flexibility index (Phi) is 3.20. The van der Waals surface area contributed by atoms with Crippen LogP contribution in [0.5, 0.6) is 0 Å². The van der Waals surface area contributed by atoms with Gasteiger partial charge in [0.25, 0.3) is 0 Å². The van der Waals surface area contributed by atoms with Crippen molar-refractivity contribution < 1.29 is 4.79 Å². The number of pyridine rings is 1. The van der Waals surface area contributed by atoms with Gasteiger partial charge < -0.3 is 4.90 Å². The molecule has 3 nitrogen and oxygen atoms in total. The lowest BCUT2D eigenvalue weighted by Crippen LogP contribution is -2.38. The Labute approximate surface area is 113 Å². The van der Waals surface area contributed by atoms with Crippen LogP contribution in [0.25, 0.3) is 10.9 Å². The molecule has 2 heterocycles. The molecule has 0 bridgehead atoms. The molecule has 0 amide bonds. The second-order valence-electron chi connectivity index (χ2n) is 5.26. The Morgan fingerprint density at radius 2 is 2.11 bits per heavy atom. The number of piperidine rings is 1. The third kappa shape index (κ3) is 2.46. The van der Waals surface area contributed by atoms with Crippen LogP contribution in [0.1, 0.15) is 19.8 Å². The highest BCUT2D eigenvalue weighted by atomic mass is 16.1. The summed E-state index contributed by atoms with van der Waals surface area (Å²) in [6, 6.07) is 12.3. The lowest BCUT2D eigenvalue weighted by atomic mass is 9.94. The van der Waals surface area contributed by atoms with Gasteiger partial charge in [-0.15, -0.1) is 0 Å². The van der Waals surface area contributed by atoms with E-state index in [0.717, 1.165) is 42.7 Å². The minimum atomic E-state index is 0.169. The van der Waals surface area contributed by atoms with E-state index in [0.29, 0.717) is 5.78 Å². The van der Waals surface area contributed by atoms with E-state index in [-0.39, 0.29) is 5.92 Å². The molecule has 0 radical (unpaired) electrons. The highest BCUT2D eigenvalue weighted by Crippen LogP contribution is 2.24. The summed E-state index contributed by atoms with van der Waals surface area (Å²) >= 11 is 0. The number of carbonyl (C=O) groups is 1. The molecule has 0 spiro atoms. The summed E-state index contributed by atoms with van der Waals surface area (Å²) in [5.74, 6) is 1.46. The van der Waals surface area contributed by atoms with Crippen molar-refractivity contribution in [3.8, 4) is 0 Å². The number of Topliss-reactive ketones (excluding diaryl/α,β-unsaturated/α-hetero) is 1. The van der Waals surface area contributed by atoms with Crippen LogP contribution < -0.4 is 4.90 Å². The van der Waals surface area contributed by atoms with Gasteiger partial charge in [-0.2, -0.15) is 0 Å². The number of para-hydroxylation sites is 1. The van der Waals surface area contributed by atoms with Crippen LogP contribution in [0.2, 0.25) is 0 Å². The first-order chi connectivity index (χ1) is 9.24. The second-order valence-corrected chi connectivity index (χ2v) is 5.26. The molecule has 1 atom stereocenters. The lowest BCUT2D eigenvalue weighted by Gasteiger charge is -2.32. The number of benzene rings is 1. The maximum absolute atomic E-state index is 11.5. The summed E-state index contributed by atoms with van der Waals surface area (Å²) in [4.78, 5) is 18.5.